The van der Waals surface area contributed by atoms with Gasteiger partial charge in [0.1, 0.15) is 11.6 Å². The van der Waals surface area contributed by atoms with Crippen molar-refractivity contribution in [2.24, 2.45) is 0 Å². The van der Waals surface area contributed by atoms with Crippen LogP contribution >= 0.6 is 0 Å². The van der Waals surface area contributed by atoms with Gasteiger partial charge in [0.2, 0.25) is 5.88 Å². The van der Waals surface area contributed by atoms with E-state index < -0.39 is 30.0 Å². The van der Waals surface area contributed by atoms with Crippen LogP contribution in [0.3, 0.4) is 0 Å². The van der Waals surface area contributed by atoms with E-state index in [9.17, 15) is 8.78 Å². The second kappa shape index (κ2) is 6.78. The minimum absolute atomic E-state index is 0.0228. The highest BCUT2D eigenvalue weighted by molar-refractivity contribution is 6.62. The minimum atomic E-state index is -0.831. The van der Waals surface area contributed by atoms with E-state index in [1.165, 1.54) is 25.6 Å². The fourth-order valence-electron chi connectivity index (χ4n) is 3.30. The highest BCUT2D eigenvalue weighted by Gasteiger charge is 2.52. The molecule has 2 aromatic heterocycles. The van der Waals surface area contributed by atoms with Crippen LogP contribution in [0.15, 0.2) is 30.7 Å². The molecule has 1 fully saturated rings. The SMILES string of the molecule is COc1nccc2c1ncn2Cc1c(F)cc(B2OC(C)(C)C(C)(C)O2)cc1F. The molecule has 1 saturated heterocycles. The first-order valence-corrected chi connectivity index (χ1v) is 9.30. The van der Waals surface area contributed by atoms with Gasteiger partial charge in [0.05, 0.1) is 36.7 Å². The molecule has 0 bridgehead atoms. The van der Waals surface area contributed by atoms with E-state index in [1.54, 1.807) is 16.8 Å². The monoisotopic (exact) mass is 401 g/mol. The number of pyridine rings is 1. The molecule has 0 unspecified atom stereocenters. The number of aromatic nitrogens is 3. The van der Waals surface area contributed by atoms with Crippen molar-refractivity contribution < 1.29 is 22.8 Å². The van der Waals surface area contributed by atoms with E-state index in [2.05, 4.69) is 9.97 Å². The molecule has 0 N–H and O–H groups in total. The number of benzene rings is 1. The van der Waals surface area contributed by atoms with Crippen molar-refractivity contribution in [3.05, 3.63) is 47.9 Å². The Bertz CT molecular complexity index is 1050. The maximum absolute atomic E-state index is 14.9. The maximum atomic E-state index is 14.9. The minimum Gasteiger partial charge on any atom is -0.479 e. The van der Waals surface area contributed by atoms with Crippen LogP contribution < -0.4 is 10.2 Å². The van der Waals surface area contributed by atoms with Crippen molar-refractivity contribution in [2.75, 3.05) is 7.11 Å². The summed E-state index contributed by atoms with van der Waals surface area (Å²) in [6.45, 7) is 7.54. The van der Waals surface area contributed by atoms with Crippen molar-refractivity contribution in [3.8, 4) is 5.88 Å². The highest BCUT2D eigenvalue weighted by Crippen LogP contribution is 2.36. The second-order valence-electron chi connectivity index (χ2n) is 8.11. The van der Waals surface area contributed by atoms with Crippen molar-refractivity contribution in [2.45, 2.75) is 45.4 Å². The Labute approximate surface area is 168 Å². The Balaban J connectivity index is 1.66. The van der Waals surface area contributed by atoms with Crippen molar-refractivity contribution >= 4 is 23.6 Å². The number of methoxy groups -OCH3 is 1. The number of ether oxygens (including phenoxy) is 1. The molecule has 1 aliphatic heterocycles. The van der Waals surface area contributed by atoms with Gasteiger partial charge < -0.3 is 18.6 Å². The van der Waals surface area contributed by atoms with E-state index in [1.807, 2.05) is 27.7 Å². The number of rotatable bonds is 4. The van der Waals surface area contributed by atoms with Gasteiger partial charge in [-0.1, -0.05) is 0 Å². The molecule has 6 nitrogen and oxygen atoms in total. The molecule has 29 heavy (non-hydrogen) atoms. The van der Waals surface area contributed by atoms with Crippen LogP contribution in [0, 0.1) is 11.6 Å². The molecule has 3 heterocycles. The van der Waals surface area contributed by atoms with Gasteiger partial charge >= 0.3 is 7.12 Å². The molecular formula is C20H22BF2N3O3. The normalized spacial score (nSPS) is 17.8. The summed E-state index contributed by atoms with van der Waals surface area (Å²) < 4.78 is 48.4. The van der Waals surface area contributed by atoms with Crippen LogP contribution in [-0.2, 0) is 15.9 Å². The highest BCUT2D eigenvalue weighted by atomic mass is 19.1. The summed E-state index contributed by atoms with van der Waals surface area (Å²) in [7, 11) is 0.664. The molecule has 1 aromatic carbocycles. The van der Waals surface area contributed by atoms with Gasteiger partial charge in [-0.25, -0.2) is 18.7 Å². The lowest BCUT2D eigenvalue weighted by molar-refractivity contribution is 0.00578. The number of nitrogens with zero attached hydrogens (tertiary/aromatic N) is 3. The summed E-state index contributed by atoms with van der Waals surface area (Å²) in [4.78, 5) is 8.33. The molecule has 0 spiro atoms. The standard InChI is InChI=1S/C20H22BF2N3O3/c1-19(2)20(3,4)29-21(28-19)12-8-14(22)13(15(23)9-12)10-26-11-25-17-16(26)6-7-24-18(17)27-5/h6-9,11H,10H2,1-5H3. The number of hydrogen-bond donors (Lipinski definition) is 0. The van der Waals surface area contributed by atoms with E-state index in [4.69, 9.17) is 14.0 Å². The van der Waals surface area contributed by atoms with Gasteiger partial charge in [-0.3, -0.25) is 0 Å². The summed E-state index contributed by atoms with van der Waals surface area (Å²) in [6.07, 6.45) is 3.07. The number of halogens is 2. The van der Waals surface area contributed by atoms with Crippen LogP contribution in [0.2, 0.25) is 0 Å². The van der Waals surface area contributed by atoms with Crippen LogP contribution in [0.5, 0.6) is 5.88 Å². The zero-order valence-corrected chi connectivity index (χ0v) is 17.0. The lowest BCUT2D eigenvalue weighted by Crippen LogP contribution is -2.41. The topological polar surface area (TPSA) is 58.4 Å². The summed E-state index contributed by atoms with van der Waals surface area (Å²) in [5.74, 6) is -0.978. The largest absolute Gasteiger partial charge is 0.495 e. The van der Waals surface area contributed by atoms with Gasteiger partial charge in [0.25, 0.3) is 0 Å². The summed E-state index contributed by atoms with van der Waals surface area (Å²) in [5, 5.41) is 0. The zero-order chi connectivity index (χ0) is 21.0. The van der Waals surface area contributed by atoms with Crippen molar-refractivity contribution in [1.29, 1.82) is 0 Å². The zero-order valence-electron chi connectivity index (χ0n) is 17.0. The van der Waals surface area contributed by atoms with Gasteiger partial charge in [-0.15, -0.1) is 0 Å². The lowest BCUT2D eigenvalue weighted by Gasteiger charge is -2.32. The average Bonchev–Trinajstić information content (AvgIpc) is 3.15. The third-order valence-electron chi connectivity index (χ3n) is 5.72. The average molecular weight is 401 g/mol. The molecule has 0 saturated carbocycles. The Morgan fingerprint density at radius 2 is 1.69 bits per heavy atom. The first kappa shape index (κ1) is 19.8. The molecule has 0 amide bonds. The van der Waals surface area contributed by atoms with Crippen LogP contribution in [0.1, 0.15) is 33.3 Å². The van der Waals surface area contributed by atoms with Crippen LogP contribution in [0.25, 0.3) is 11.0 Å². The predicted molar refractivity (Wildman–Crippen MR) is 105 cm³/mol. The van der Waals surface area contributed by atoms with Gasteiger partial charge in [-0.05, 0) is 51.4 Å². The molecule has 0 atom stereocenters. The van der Waals surface area contributed by atoms with Crippen LogP contribution in [-0.4, -0.2) is 40.0 Å². The number of hydrogen-bond acceptors (Lipinski definition) is 5. The van der Waals surface area contributed by atoms with Crippen molar-refractivity contribution in [3.63, 3.8) is 0 Å². The molecular weight excluding hydrogens is 379 g/mol. The first-order chi connectivity index (χ1) is 13.6. The summed E-state index contributed by atoms with van der Waals surface area (Å²) >= 11 is 0. The second-order valence-corrected chi connectivity index (χ2v) is 8.11. The molecule has 0 radical (unpaired) electrons. The third kappa shape index (κ3) is 3.28. The molecule has 4 rings (SSSR count). The van der Waals surface area contributed by atoms with Gasteiger partial charge in [0, 0.05) is 11.8 Å². The van der Waals surface area contributed by atoms with Crippen molar-refractivity contribution in [1.82, 2.24) is 14.5 Å². The Morgan fingerprint density at radius 3 is 2.28 bits per heavy atom. The fourth-order valence-corrected chi connectivity index (χ4v) is 3.30. The van der Waals surface area contributed by atoms with E-state index in [0.29, 0.717) is 22.4 Å². The predicted octanol–water partition coefficient (Wildman–Crippen LogP) is 3.07. The quantitative estimate of drug-likeness (QED) is 0.629. The van der Waals surface area contributed by atoms with Gasteiger partial charge in [-0.2, -0.15) is 0 Å². The van der Waals surface area contributed by atoms with Crippen LogP contribution in [0.4, 0.5) is 8.78 Å². The first-order valence-electron chi connectivity index (χ1n) is 9.30. The van der Waals surface area contributed by atoms with E-state index in [0.717, 1.165) is 0 Å². The molecule has 152 valence electrons. The van der Waals surface area contributed by atoms with E-state index in [-0.39, 0.29) is 12.1 Å². The Kier molecular flexibility index (Phi) is 4.62. The number of imidazole rings is 1. The number of fused-ring (bicyclic) bond motifs is 1. The lowest BCUT2D eigenvalue weighted by atomic mass is 9.78. The third-order valence-corrected chi connectivity index (χ3v) is 5.72. The molecule has 3 aromatic rings. The molecule has 1 aliphatic rings. The molecule has 9 heteroatoms. The van der Waals surface area contributed by atoms with E-state index >= 15 is 0 Å². The van der Waals surface area contributed by atoms with Gasteiger partial charge in [0.15, 0.2) is 5.52 Å². The smallest absolute Gasteiger partial charge is 0.479 e. The summed E-state index contributed by atoms with van der Waals surface area (Å²) in [6, 6.07) is 4.25. The molecule has 0 aliphatic carbocycles. The summed E-state index contributed by atoms with van der Waals surface area (Å²) in [5.41, 5.74) is 0.262. The fraction of sp³-hybridized carbons (Fsp3) is 0.400. The Morgan fingerprint density at radius 1 is 1.07 bits per heavy atom. The Hall–Kier alpha value is -2.52. The maximum Gasteiger partial charge on any atom is 0.495 e.